The minimum absolute atomic E-state index is 0.0788. The minimum atomic E-state index is -4.55. The van der Waals surface area contributed by atoms with Crippen molar-refractivity contribution >= 4 is 12.1 Å². The third-order valence-electron chi connectivity index (χ3n) is 3.73. The van der Waals surface area contributed by atoms with Gasteiger partial charge in [0.05, 0.1) is 11.8 Å². The van der Waals surface area contributed by atoms with Gasteiger partial charge in [0.25, 0.3) is 0 Å². The SMILES string of the molecule is O=C(O)C1C[C@H](C(F)(F)F)CN(C(=O)OCc2ccccc2)C1. The molecular formula is C15H16F3NO4. The van der Waals surface area contributed by atoms with Crippen LogP contribution in [0.2, 0.25) is 0 Å². The van der Waals surface area contributed by atoms with Gasteiger partial charge in [-0.15, -0.1) is 0 Å². The highest BCUT2D eigenvalue weighted by molar-refractivity contribution is 5.73. The smallest absolute Gasteiger partial charge is 0.410 e. The van der Waals surface area contributed by atoms with E-state index in [4.69, 9.17) is 9.84 Å². The Hall–Kier alpha value is -2.25. The van der Waals surface area contributed by atoms with E-state index in [9.17, 15) is 22.8 Å². The fraction of sp³-hybridized carbons (Fsp3) is 0.467. The maximum atomic E-state index is 12.9. The van der Waals surface area contributed by atoms with Crippen LogP contribution in [0.15, 0.2) is 30.3 Å². The topological polar surface area (TPSA) is 66.8 Å². The average molecular weight is 331 g/mol. The van der Waals surface area contributed by atoms with E-state index in [2.05, 4.69) is 0 Å². The lowest BCUT2D eigenvalue weighted by molar-refractivity contribution is -0.192. The third kappa shape index (κ3) is 4.61. The molecule has 1 aliphatic heterocycles. The molecule has 1 unspecified atom stereocenters. The van der Waals surface area contributed by atoms with Crippen molar-refractivity contribution in [3.63, 3.8) is 0 Å². The summed E-state index contributed by atoms with van der Waals surface area (Å²) in [6, 6.07) is 8.68. The van der Waals surface area contributed by atoms with E-state index in [0.29, 0.717) is 5.56 Å². The number of likely N-dealkylation sites (tertiary alicyclic amines) is 1. The van der Waals surface area contributed by atoms with Crippen molar-refractivity contribution in [2.45, 2.75) is 19.2 Å². The zero-order valence-corrected chi connectivity index (χ0v) is 12.1. The van der Waals surface area contributed by atoms with E-state index in [1.807, 2.05) is 0 Å². The van der Waals surface area contributed by atoms with Gasteiger partial charge in [0.2, 0.25) is 0 Å². The standard InChI is InChI=1S/C15H16F3NO4/c16-15(17,18)12-6-11(13(20)21)7-19(8-12)14(22)23-9-10-4-2-1-3-5-10/h1-5,11-12H,6-9H2,(H,20,21)/t11?,12-/m0/s1. The van der Waals surface area contributed by atoms with Crippen molar-refractivity contribution in [1.29, 1.82) is 0 Å². The average Bonchev–Trinajstić information content (AvgIpc) is 2.52. The van der Waals surface area contributed by atoms with Gasteiger partial charge in [-0.1, -0.05) is 30.3 Å². The summed E-state index contributed by atoms with van der Waals surface area (Å²) in [6.45, 7) is -0.943. The second-order valence-electron chi connectivity index (χ2n) is 5.45. The zero-order chi connectivity index (χ0) is 17.0. The molecule has 1 aromatic rings. The number of halogens is 3. The molecular weight excluding hydrogens is 315 g/mol. The summed E-state index contributed by atoms with van der Waals surface area (Å²) in [5.41, 5.74) is 0.694. The number of alkyl halides is 3. The summed E-state index contributed by atoms with van der Waals surface area (Å²) in [4.78, 5) is 23.8. The molecule has 1 aromatic carbocycles. The van der Waals surface area contributed by atoms with Crippen LogP contribution in [-0.4, -0.2) is 41.3 Å². The van der Waals surface area contributed by atoms with Crippen LogP contribution in [0, 0.1) is 11.8 Å². The van der Waals surface area contributed by atoms with Gasteiger partial charge in [0.15, 0.2) is 0 Å². The highest BCUT2D eigenvalue weighted by Gasteiger charge is 2.47. The van der Waals surface area contributed by atoms with Crippen molar-refractivity contribution in [3.05, 3.63) is 35.9 Å². The van der Waals surface area contributed by atoms with Gasteiger partial charge in [-0.2, -0.15) is 13.2 Å². The van der Waals surface area contributed by atoms with Gasteiger partial charge >= 0.3 is 18.2 Å². The van der Waals surface area contributed by atoms with Crippen LogP contribution < -0.4 is 0 Å². The number of aliphatic carboxylic acids is 1. The Kier molecular flexibility index (Phi) is 5.12. The molecule has 23 heavy (non-hydrogen) atoms. The van der Waals surface area contributed by atoms with Crippen LogP contribution in [0.5, 0.6) is 0 Å². The lowest BCUT2D eigenvalue weighted by Crippen LogP contribution is -2.50. The molecule has 8 heteroatoms. The van der Waals surface area contributed by atoms with Gasteiger partial charge < -0.3 is 14.7 Å². The Balaban J connectivity index is 2.01. The zero-order valence-electron chi connectivity index (χ0n) is 12.1. The Labute approximate surface area is 130 Å². The predicted octanol–water partition coefficient (Wildman–Crippen LogP) is 2.91. The molecule has 126 valence electrons. The summed E-state index contributed by atoms with van der Waals surface area (Å²) in [5.74, 6) is -4.46. The number of benzene rings is 1. The van der Waals surface area contributed by atoms with Crippen molar-refractivity contribution in [1.82, 2.24) is 4.90 Å². The van der Waals surface area contributed by atoms with E-state index in [1.165, 1.54) is 0 Å². The van der Waals surface area contributed by atoms with Crippen LogP contribution in [0.25, 0.3) is 0 Å². The first-order valence-corrected chi connectivity index (χ1v) is 7.02. The molecule has 1 N–H and O–H groups in total. The number of rotatable bonds is 3. The number of carbonyl (C=O) groups excluding carboxylic acids is 1. The number of carboxylic acids is 1. The highest BCUT2D eigenvalue weighted by Crippen LogP contribution is 2.35. The van der Waals surface area contributed by atoms with E-state index in [-0.39, 0.29) is 13.2 Å². The number of hydrogen-bond acceptors (Lipinski definition) is 3. The molecule has 1 amide bonds. The molecule has 0 saturated carbocycles. The van der Waals surface area contributed by atoms with Crippen molar-refractivity contribution in [3.8, 4) is 0 Å². The Morgan fingerprint density at radius 2 is 1.87 bits per heavy atom. The monoisotopic (exact) mass is 331 g/mol. The summed E-state index contributed by atoms with van der Waals surface area (Å²) >= 11 is 0. The number of piperidine rings is 1. The number of carbonyl (C=O) groups is 2. The number of nitrogens with zero attached hydrogens (tertiary/aromatic N) is 1. The minimum Gasteiger partial charge on any atom is -0.481 e. The first-order chi connectivity index (χ1) is 10.8. The molecule has 1 saturated heterocycles. The first kappa shape index (κ1) is 17.1. The molecule has 1 aliphatic rings. The van der Waals surface area contributed by atoms with Crippen LogP contribution >= 0.6 is 0 Å². The maximum absolute atomic E-state index is 12.9. The summed E-state index contributed by atoms with van der Waals surface area (Å²) in [5, 5.41) is 8.98. The highest BCUT2D eigenvalue weighted by atomic mass is 19.4. The fourth-order valence-electron chi connectivity index (χ4n) is 2.47. The second kappa shape index (κ2) is 6.89. The molecule has 0 bridgehead atoms. The molecule has 1 heterocycles. The van der Waals surface area contributed by atoms with Crippen LogP contribution in [0.4, 0.5) is 18.0 Å². The second-order valence-corrected chi connectivity index (χ2v) is 5.45. The maximum Gasteiger partial charge on any atom is 0.410 e. The summed E-state index contributed by atoms with van der Waals surface area (Å²) < 4.78 is 43.7. The Morgan fingerprint density at radius 1 is 1.22 bits per heavy atom. The molecule has 0 aliphatic carbocycles. The number of hydrogen-bond donors (Lipinski definition) is 1. The molecule has 1 fully saturated rings. The largest absolute Gasteiger partial charge is 0.481 e. The molecule has 2 rings (SSSR count). The first-order valence-electron chi connectivity index (χ1n) is 7.02. The van der Waals surface area contributed by atoms with Crippen molar-refractivity contribution in [2.24, 2.45) is 11.8 Å². The van der Waals surface area contributed by atoms with Crippen molar-refractivity contribution < 1.29 is 32.6 Å². The van der Waals surface area contributed by atoms with E-state index in [0.717, 1.165) is 4.90 Å². The third-order valence-corrected chi connectivity index (χ3v) is 3.73. The number of amides is 1. The lowest BCUT2D eigenvalue weighted by Gasteiger charge is -2.36. The van der Waals surface area contributed by atoms with E-state index in [1.54, 1.807) is 30.3 Å². The van der Waals surface area contributed by atoms with Crippen LogP contribution in [0.3, 0.4) is 0 Å². The number of ether oxygens (including phenoxy) is 1. The Morgan fingerprint density at radius 3 is 2.43 bits per heavy atom. The molecule has 0 radical (unpaired) electrons. The summed E-state index contributed by atoms with van der Waals surface area (Å²) in [6.07, 6.45) is -6.01. The lowest BCUT2D eigenvalue weighted by atomic mass is 9.89. The van der Waals surface area contributed by atoms with E-state index < -0.39 is 43.0 Å². The van der Waals surface area contributed by atoms with Crippen LogP contribution in [0.1, 0.15) is 12.0 Å². The molecule has 0 aromatic heterocycles. The van der Waals surface area contributed by atoms with Crippen LogP contribution in [-0.2, 0) is 16.1 Å². The van der Waals surface area contributed by atoms with E-state index >= 15 is 0 Å². The van der Waals surface area contributed by atoms with Gasteiger partial charge in [0.1, 0.15) is 6.61 Å². The van der Waals surface area contributed by atoms with Gasteiger partial charge in [-0.3, -0.25) is 4.79 Å². The molecule has 0 spiro atoms. The Bertz CT molecular complexity index is 562. The summed E-state index contributed by atoms with van der Waals surface area (Å²) in [7, 11) is 0. The van der Waals surface area contributed by atoms with Gasteiger partial charge in [-0.25, -0.2) is 4.79 Å². The van der Waals surface area contributed by atoms with Crippen molar-refractivity contribution in [2.75, 3.05) is 13.1 Å². The normalized spacial score (nSPS) is 21.8. The van der Waals surface area contributed by atoms with Gasteiger partial charge in [0, 0.05) is 13.1 Å². The van der Waals surface area contributed by atoms with Gasteiger partial charge in [-0.05, 0) is 12.0 Å². The number of carboxylic acid groups (broad SMARTS) is 1. The molecule has 5 nitrogen and oxygen atoms in total. The molecule has 2 atom stereocenters. The fourth-order valence-corrected chi connectivity index (χ4v) is 2.47. The quantitative estimate of drug-likeness (QED) is 0.925. The predicted molar refractivity (Wildman–Crippen MR) is 73.5 cm³/mol.